The first-order valence-corrected chi connectivity index (χ1v) is 15.3. The van der Waals surface area contributed by atoms with Gasteiger partial charge >= 0.3 is 237 Å². The van der Waals surface area contributed by atoms with Gasteiger partial charge in [-0.2, -0.15) is 0 Å². The van der Waals surface area contributed by atoms with E-state index in [4.69, 9.17) is 0 Å². The maximum absolute atomic E-state index is 13.4. The Labute approximate surface area is 237 Å². The zero-order valence-electron chi connectivity index (χ0n) is 19.9. The molecule has 276 valence electrons. The van der Waals surface area contributed by atoms with E-state index in [0.29, 0.717) is 0 Å². The molecule has 0 N–H and O–H groups in total. The molecule has 0 heterocycles. The zero-order valence-corrected chi connectivity index (χ0v) is 22.8. The van der Waals surface area contributed by atoms with Gasteiger partial charge in [0.05, 0.1) is 0 Å². The summed E-state index contributed by atoms with van der Waals surface area (Å²) in [6, 6.07) is 0. The Morgan fingerprint density at radius 3 is 0.543 bits per heavy atom. The summed E-state index contributed by atoms with van der Waals surface area (Å²) in [6.07, 6.45) is -79.4. The average Bonchev–Trinajstić information content (AvgIpc) is 2.65. The SMILES string of the molecule is C=C[CH2][Sn]([O]C(C(F)(F)F)(C(F)(F)F)C(F)(F)F)([O]C(C(F)(F)F)(C(F)(F)F)C(F)(F)F)[O]C(C(F)(F)F)(C(F)(F)F)C(F)(F)F. The van der Waals surface area contributed by atoms with E-state index in [9.17, 15) is 119 Å². The van der Waals surface area contributed by atoms with Gasteiger partial charge in [0.15, 0.2) is 0 Å². The molecule has 0 bridgehead atoms. The third-order valence-corrected chi connectivity index (χ3v) is 12.4. The van der Waals surface area contributed by atoms with E-state index >= 15 is 0 Å². The summed E-state index contributed by atoms with van der Waals surface area (Å²) in [5.41, 5.74) is -26.5. The van der Waals surface area contributed by atoms with Crippen molar-refractivity contribution in [1.82, 2.24) is 0 Å². The van der Waals surface area contributed by atoms with Crippen LogP contribution in [0.25, 0.3) is 0 Å². The molecule has 0 amide bonds. The number of rotatable bonds is 8. The molecule has 0 fully saturated rings. The van der Waals surface area contributed by atoms with E-state index < -0.39 is 103 Å². The number of hydrogen-bond acceptors (Lipinski definition) is 3. The third-order valence-electron chi connectivity index (χ3n) is 4.91. The van der Waals surface area contributed by atoms with Crippen molar-refractivity contribution in [3.63, 3.8) is 0 Å². The Bertz CT molecular complexity index is 822. The first-order chi connectivity index (χ1) is 19.4. The Morgan fingerprint density at radius 1 is 0.326 bits per heavy atom. The summed E-state index contributed by atoms with van der Waals surface area (Å²) in [6.45, 7) is 1.88. The van der Waals surface area contributed by atoms with Gasteiger partial charge in [0.25, 0.3) is 0 Å². The quantitative estimate of drug-likeness (QED) is 0.138. The number of halogens is 27. The van der Waals surface area contributed by atoms with Crippen LogP contribution in [-0.2, 0) is 9.22 Å². The van der Waals surface area contributed by atoms with Gasteiger partial charge in [0.1, 0.15) is 0 Å². The zero-order chi connectivity index (χ0) is 38.0. The van der Waals surface area contributed by atoms with Crippen LogP contribution in [0.5, 0.6) is 0 Å². The van der Waals surface area contributed by atoms with E-state index in [1.807, 2.05) is 15.8 Å². The molecule has 46 heavy (non-hydrogen) atoms. The topological polar surface area (TPSA) is 27.7 Å². The van der Waals surface area contributed by atoms with Crippen LogP contribution in [0.3, 0.4) is 0 Å². The van der Waals surface area contributed by atoms with Gasteiger partial charge in [-0.1, -0.05) is 0 Å². The van der Waals surface area contributed by atoms with Crippen molar-refractivity contribution in [3.05, 3.63) is 12.7 Å². The molecule has 0 spiro atoms. The third kappa shape index (κ3) is 7.12. The minimum atomic E-state index is -11.5. The van der Waals surface area contributed by atoms with Gasteiger partial charge in [-0.05, 0) is 0 Å². The molecule has 0 aromatic carbocycles. The van der Waals surface area contributed by atoms with Crippen LogP contribution in [0.1, 0.15) is 0 Å². The minimum absolute atomic E-state index is 1.26. The molecule has 0 radical (unpaired) electrons. The normalized spacial score (nSPS) is 16.6. The van der Waals surface area contributed by atoms with E-state index in [2.05, 4.69) is 0 Å². The van der Waals surface area contributed by atoms with Crippen molar-refractivity contribution in [3.8, 4) is 0 Å². The van der Waals surface area contributed by atoms with Crippen LogP contribution in [0.2, 0.25) is 4.44 Å². The number of alkyl halides is 27. The summed E-state index contributed by atoms with van der Waals surface area (Å²) in [4.78, 5) is 0. The van der Waals surface area contributed by atoms with E-state index in [1.54, 1.807) is 0 Å². The molecule has 0 aliphatic carbocycles. The van der Waals surface area contributed by atoms with Gasteiger partial charge in [-0.25, -0.2) is 0 Å². The van der Waals surface area contributed by atoms with Gasteiger partial charge in [0, 0.05) is 0 Å². The molecule has 0 aliphatic rings. The maximum atomic E-state index is 13.4. The second-order valence-electron chi connectivity index (χ2n) is 8.01. The molecule has 31 heteroatoms. The van der Waals surface area contributed by atoms with Crippen molar-refractivity contribution >= 4 is 19.6 Å². The van der Waals surface area contributed by atoms with Crippen molar-refractivity contribution < 1.29 is 128 Å². The second kappa shape index (κ2) is 11.8. The van der Waals surface area contributed by atoms with Crippen molar-refractivity contribution in [2.45, 2.75) is 76.8 Å². The van der Waals surface area contributed by atoms with Crippen LogP contribution in [0.15, 0.2) is 12.7 Å². The van der Waals surface area contributed by atoms with Crippen LogP contribution < -0.4 is 0 Å². The van der Waals surface area contributed by atoms with E-state index in [-0.39, 0.29) is 0 Å². The molecular formula is C15H5F27O3Sn. The summed E-state index contributed by atoms with van der Waals surface area (Å²) in [5.74, 6) is 0. The molecular weight excluding hydrogens is 860 g/mol. The van der Waals surface area contributed by atoms with Crippen LogP contribution >= 0.6 is 0 Å². The van der Waals surface area contributed by atoms with Crippen molar-refractivity contribution in [1.29, 1.82) is 0 Å². The van der Waals surface area contributed by atoms with Gasteiger partial charge < -0.3 is 0 Å². The molecule has 0 aromatic heterocycles. The van der Waals surface area contributed by atoms with Gasteiger partial charge in [0.2, 0.25) is 0 Å². The number of hydrogen-bond donors (Lipinski definition) is 0. The molecule has 0 saturated heterocycles. The average molecular weight is 865 g/mol. The summed E-state index contributed by atoms with van der Waals surface area (Å²) >= 11 is -11.5. The predicted octanol–water partition coefficient (Wildman–Crippen LogP) is 9.44. The molecule has 0 unspecified atom stereocenters. The fourth-order valence-electron chi connectivity index (χ4n) is 3.03. The van der Waals surface area contributed by atoms with Crippen molar-refractivity contribution in [2.24, 2.45) is 0 Å². The van der Waals surface area contributed by atoms with E-state index in [1.165, 1.54) is 0 Å². The standard InChI is InChI=1S/3C4F9O.C3H5.Sn/c3*5-2(6,7)1(14,3(8,9)10)4(11,12)13;1-3-2;/h;;;3H,1-2H2;/q3*-1;;+3. The molecule has 0 rings (SSSR count). The van der Waals surface area contributed by atoms with Crippen LogP contribution in [-0.4, -0.2) is 92.0 Å². The fraction of sp³-hybridized carbons (Fsp3) is 0.867. The first kappa shape index (κ1) is 44.5. The monoisotopic (exact) mass is 866 g/mol. The van der Waals surface area contributed by atoms with Crippen LogP contribution in [0.4, 0.5) is 119 Å². The molecule has 0 aromatic rings. The Morgan fingerprint density at radius 2 is 0.457 bits per heavy atom. The summed E-state index contributed by atoms with van der Waals surface area (Å²) in [5, 5.41) is 0. The second-order valence-corrected chi connectivity index (χ2v) is 14.8. The molecule has 0 aliphatic heterocycles. The Kier molecular flexibility index (Phi) is 11.5. The van der Waals surface area contributed by atoms with Gasteiger partial charge in [-0.15, -0.1) is 0 Å². The first-order valence-electron chi connectivity index (χ1n) is 9.75. The molecule has 0 atom stereocenters. The summed E-state index contributed by atoms with van der Waals surface area (Å²) in [7, 11) is 0. The molecule has 3 nitrogen and oxygen atoms in total. The summed E-state index contributed by atoms with van der Waals surface area (Å²) < 4.78 is 364. The van der Waals surface area contributed by atoms with Gasteiger partial charge in [-0.3, -0.25) is 0 Å². The Balaban J connectivity index is 9.18. The number of allylic oxidation sites excluding steroid dienone is 1. The van der Waals surface area contributed by atoms with E-state index in [0.717, 1.165) is 0 Å². The fourth-order valence-corrected chi connectivity index (χ4v) is 12.1. The Hall–Kier alpha value is -1.47. The predicted molar refractivity (Wildman–Crippen MR) is 86.7 cm³/mol. The molecule has 0 saturated carbocycles. The van der Waals surface area contributed by atoms with Crippen molar-refractivity contribution in [2.75, 3.05) is 0 Å². The van der Waals surface area contributed by atoms with Crippen LogP contribution in [0, 0.1) is 0 Å².